The molecule has 0 saturated carbocycles. The number of hydrogen-bond acceptors (Lipinski definition) is 4. The van der Waals surface area contributed by atoms with Crippen molar-refractivity contribution < 1.29 is 14.6 Å². The van der Waals surface area contributed by atoms with Gasteiger partial charge in [0, 0.05) is 18.0 Å². The average Bonchev–Trinajstić information content (AvgIpc) is 2.88. The van der Waals surface area contributed by atoms with Gasteiger partial charge >= 0.3 is 5.97 Å². The third kappa shape index (κ3) is 3.77. The molecule has 0 aromatic carbocycles. The van der Waals surface area contributed by atoms with Gasteiger partial charge in [0.05, 0.1) is 9.89 Å². The van der Waals surface area contributed by atoms with Crippen molar-refractivity contribution in [3.63, 3.8) is 0 Å². The number of nitrogens with one attached hydrogen (secondary N) is 1. The van der Waals surface area contributed by atoms with Crippen molar-refractivity contribution in [3.05, 3.63) is 20.8 Å². The van der Waals surface area contributed by atoms with Gasteiger partial charge in [0.1, 0.15) is 0 Å². The molecule has 1 aliphatic heterocycles. The van der Waals surface area contributed by atoms with Crippen molar-refractivity contribution in [1.29, 1.82) is 0 Å². The standard InChI is InChI=1S/C11H14BrNO3S/c12-10-4-2-8(17-10)6-13-5-7-1-3-9(16-7)11(14)15/h2,4,7,9,13H,1,3,5-6H2,(H,14,15). The lowest BCUT2D eigenvalue weighted by atomic mass is 10.2. The normalized spacial score (nSPS) is 24.1. The molecule has 6 heteroatoms. The molecule has 94 valence electrons. The van der Waals surface area contributed by atoms with Crippen molar-refractivity contribution in [3.8, 4) is 0 Å². The van der Waals surface area contributed by atoms with E-state index >= 15 is 0 Å². The molecule has 0 aliphatic carbocycles. The second-order valence-corrected chi connectivity index (χ2v) is 6.55. The number of hydrogen-bond donors (Lipinski definition) is 2. The van der Waals surface area contributed by atoms with E-state index in [1.807, 2.05) is 6.07 Å². The summed E-state index contributed by atoms with van der Waals surface area (Å²) in [5.41, 5.74) is 0. The van der Waals surface area contributed by atoms with Crippen LogP contribution in [0.25, 0.3) is 0 Å². The van der Waals surface area contributed by atoms with E-state index in [1.165, 1.54) is 4.88 Å². The lowest BCUT2D eigenvalue weighted by molar-refractivity contribution is -0.149. The topological polar surface area (TPSA) is 58.6 Å². The Morgan fingerprint density at radius 2 is 2.41 bits per heavy atom. The number of carboxylic acid groups (broad SMARTS) is 1. The first-order valence-corrected chi connectivity index (χ1v) is 7.09. The van der Waals surface area contributed by atoms with Gasteiger partial charge in [-0.1, -0.05) is 0 Å². The molecule has 2 rings (SSSR count). The summed E-state index contributed by atoms with van der Waals surface area (Å²) in [6, 6.07) is 4.09. The number of carboxylic acids is 1. The summed E-state index contributed by atoms with van der Waals surface area (Å²) >= 11 is 5.11. The molecule has 0 amide bonds. The van der Waals surface area contributed by atoms with Crippen molar-refractivity contribution >= 4 is 33.2 Å². The third-order valence-corrected chi connectivity index (χ3v) is 4.31. The highest BCUT2D eigenvalue weighted by atomic mass is 79.9. The predicted molar refractivity (Wildman–Crippen MR) is 69.3 cm³/mol. The molecule has 1 aliphatic rings. The average molecular weight is 320 g/mol. The maximum absolute atomic E-state index is 10.7. The Labute approximate surface area is 112 Å². The lowest BCUT2D eigenvalue weighted by Crippen LogP contribution is -2.28. The van der Waals surface area contributed by atoms with Gasteiger partial charge in [0.25, 0.3) is 0 Å². The predicted octanol–water partition coefficient (Wildman–Crippen LogP) is 2.23. The smallest absolute Gasteiger partial charge is 0.332 e. The molecule has 2 heterocycles. The molecule has 2 N–H and O–H groups in total. The van der Waals surface area contributed by atoms with Crippen molar-refractivity contribution in [1.82, 2.24) is 5.32 Å². The van der Waals surface area contributed by atoms with E-state index in [0.29, 0.717) is 13.0 Å². The van der Waals surface area contributed by atoms with E-state index < -0.39 is 12.1 Å². The maximum atomic E-state index is 10.7. The van der Waals surface area contributed by atoms with Gasteiger partial charge in [0.2, 0.25) is 0 Å². The summed E-state index contributed by atoms with van der Waals surface area (Å²) in [6.45, 7) is 1.51. The number of halogens is 1. The molecule has 1 saturated heterocycles. The Kier molecular flexibility index (Phi) is 4.55. The van der Waals surface area contributed by atoms with E-state index in [9.17, 15) is 4.79 Å². The van der Waals surface area contributed by atoms with Gasteiger partial charge in [-0.2, -0.15) is 0 Å². The minimum Gasteiger partial charge on any atom is -0.479 e. The van der Waals surface area contributed by atoms with Crippen molar-refractivity contribution in [2.24, 2.45) is 0 Å². The Hall–Kier alpha value is -0.430. The van der Waals surface area contributed by atoms with Crippen LogP contribution in [0.2, 0.25) is 0 Å². The first kappa shape index (κ1) is 13.0. The minimum atomic E-state index is -0.852. The highest BCUT2D eigenvalue weighted by molar-refractivity contribution is 9.11. The van der Waals surface area contributed by atoms with Crippen molar-refractivity contribution in [2.75, 3.05) is 6.54 Å². The van der Waals surface area contributed by atoms with Crippen LogP contribution < -0.4 is 5.32 Å². The Balaban J connectivity index is 1.68. The quantitative estimate of drug-likeness (QED) is 0.873. The van der Waals surface area contributed by atoms with Gasteiger partial charge in [-0.25, -0.2) is 4.79 Å². The van der Waals surface area contributed by atoms with Gasteiger partial charge in [-0.05, 0) is 40.9 Å². The molecule has 2 unspecified atom stereocenters. The lowest BCUT2D eigenvalue weighted by Gasteiger charge is -2.11. The molecule has 0 spiro atoms. The summed E-state index contributed by atoms with van der Waals surface area (Å²) < 4.78 is 6.52. The van der Waals surface area contributed by atoms with Gasteiger partial charge in [-0.3, -0.25) is 0 Å². The SMILES string of the molecule is O=C(O)C1CCC(CNCc2ccc(Br)s2)O1. The first-order chi connectivity index (χ1) is 8.15. The largest absolute Gasteiger partial charge is 0.479 e. The minimum absolute atomic E-state index is 0.0273. The Bertz CT molecular complexity index is 396. The molecule has 0 radical (unpaired) electrons. The fourth-order valence-electron chi connectivity index (χ4n) is 1.84. The number of ether oxygens (including phenoxy) is 1. The monoisotopic (exact) mass is 319 g/mol. The number of carbonyl (C=O) groups is 1. The van der Waals surface area contributed by atoms with E-state index in [0.717, 1.165) is 16.8 Å². The molecular formula is C11H14BrNO3S. The van der Waals surface area contributed by atoms with Crippen LogP contribution in [0.15, 0.2) is 15.9 Å². The van der Waals surface area contributed by atoms with Crippen LogP contribution in [0.3, 0.4) is 0 Å². The van der Waals surface area contributed by atoms with Crippen LogP contribution in [0, 0.1) is 0 Å². The second kappa shape index (κ2) is 5.95. The van der Waals surface area contributed by atoms with Crippen LogP contribution in [0.5, 0.6) is 0 Å². The van der Waals surface area contributed by atoms with E-state index in [2.05, 4.69) is 27.3 Å². The van der Waals surface area contributed by atoms with Crippen LogP contribution in [-0.4, -0.2) is 29.8 Å². The molecule has 1 aromatic heterocycles. The number of rotatable bonds is 5. The van der Waals surface area contributed by atoms with Crippen LogP contribution in [0.4, 0.5) is 0 Å². The van der Waals surface area contributed by atoms with Crippen LogP contribution in [0.1, 0.15) is 17.7 Å². The molecule has 0 bridgehead atoms. The zero-order valence-corrected chi connectivity index (χ0v) is 11.6. The summed E-state index contributed by atoms with van der Waals surface area (Å²) in [5, 5.41) is 12.1. The third-order valence-electron chi connectivity index (χ3n) is 2.68. The highest BCUT2D eigenvalue weighted by Gasteiger charge is 2.29. The number of aliphatic carboxylic acids is 1. The zero-order valence-electron chi connectivity index (χ0n) is 9.19. The number of thiophene rings is 1. The molecule has 1 fully saturated rings. The zero-order chi connectivity index (χ0) is 12.3. The summed E-state index contributed by atoms with van der Waals surface area (Å²) in [6.07, 6.45) is 0.849. The van der Waals surface area contributed by atoms with Crippen LogP contribution in [-0.2, 0) is 16.1 Å². The van der Waals surface area contributed by atoms with Gasteiger partial charge in [0.15, 0.2) is 6.10 Å². The van der Waals surface area contributed by atoms with E-state index in [4.69, 9.17) is 9.84 Å². The van der Waals surface area contributed by atoms with Gasteiger partial charge in [-0.15, -0.1) is 11.3 Å². The Morgan fingerprint density at radius 1 is 1.59 bits per heavy atom. The van der Waals surface area contributed by atoms with E-state index in [1.54, 1.807) is 11.3 Å². The second-order valence-electron chi connectivity index (χ2n) is 4.00. The molecule has 1 aromatic rings. The van der Waals surface area contributed by atoms with Crippen molar-refractivity contribution in [2.45, 2.75) is 31.6 Å². The van der Waals surface area contributed by atoms with E-state index in [-0.39, 0.29) is 6.10 Å². The summed E-state index contributed by atoms with van der Waals surface area (Å²) in [5.74, 6) is -0.852. The summed E-state index contributed by atoms with van der Waals surface area (Å²) in [7, 11) is 0. The molecule has 2 atom stereocenters. The van der Waals surface area contributed by atoms with Gasteiger partial charge < -0.3 is 15.2 Å². The maximum Gasteiger partial charge on any atom is 0.332 e. The molecule has 17 heavy (non-hydrogen) atoms. The summed E-state index contributed by atoms with van der Waals surface area (Å²) in [4.78, 5) is 12.0. The molecule has 4 nitrogen and oxygen atoms in total. The first-order valence-electron chi connectivity index (χ1n) is 5.48. The Morgan fingerprint density at radius 3 is 3.00 bits per heavy atom. The highest BCUT2D eigenvalue weighted by Crippen LogP contribution is 2.22. The fourth-order valence-corrected chi connectivity index (χ4v) is 3.29. The molecular weight excluding hydrogens is 306 g/mol. The van der Waals surface area contributed by atoms with Crippen LogP contribution >= 0.6 is 27.3 Å². The fraction of sp³-hybridized carbons (Fsp3) is 0.545.